The molecule has 0 spiro atoms. The summed E-state index contributed by atoms with van der Waals surface area (Å²) in [5, 5.41) is 6.05. The van der Waals surface area contributed by atoms with E-state index in [1.165, 1.54) is 5.56 Å². The predicted molar refractivity (Wildman–Crippen MR) is 112 cm³/mol. The molecule has 0 radical (unpaired) electrons. The highest BCUT2D eigenvalue weighted by atomic mass is 16.5. The van der Waals surface area contributed by atoms with E-state index in [1.54, 1.807) is 18.2 Å². The maximum absolute atomic E-state index is 12.6. The SMILES string of the molecule is CCOc1ccc(NC(=O)c2cc(C)nc(Nc3ccc(C)cc3C)n2)cc1. The Labute approximate surface area is 165 Å². The number of anilines is 3. The van der Waals surface area contributed by atoms with Crippen molar-refractivity contribution in [2.45, 2.75) is 27.7 Å². The number of nitrogens with one attached hydrogen (secondary N) is 2. The number of nitrogens with zero attached hydrogens (tertiary/aromatic N) is 2. The number of amides is 1. The van der Waals surface area contributed by atoms with E-state index in [9.17, 15) is 4.79 Å². The second-order valence-corrected chi connectivity index (χ2v) is 6.57. The van der Waals surface area contributed by atoms with Crippen molar-refractivity contribution in [2.75, 3.05) is 17.2 Å². The molecule has 0 bridgehead atoms. The first-order valence-electron chi connectivity index (χ1n) is 9.19. The molecule has 0 aliphatic rings. The van der Waals surface area contributed by atoms with Crippen molar-refractivity contribution in [2.24, 2.45) is 0 Å². The minimum Gasteiger partial charge on any atom is -0.494 e. The Balaban J connectivity index is 1.77. The van der Waals surface area contributed by atoms with Crippen LogP contribution in [0, 0.1) is 20.8 Å². The number of carbonyl (C=O) groups is 1. The van der Waals surface area contributed by atoms with Gasteiger partial charge in [0.05, 0.1) is 6.61 Å². The second kappa shape index (κ2) is 8.52. The van der Waals surface area contributed by atoms with Gasteiger partial charge in [-0.25, -0.2) is 9.97 Å². The van der Waals surface area contributed by atoms with Crippen LogP contribution in [-0.2, 0) is 0 Å². The zero-order chi connectivity index (χ0) is 20.1. The molecule has 28 heavy (non-hydrogen) atoms. The van der Waals surface area contributed by atoms with Crippen LogP contribution >= 0.6 is 0 Å². The van der Waals surface area contributed by atoms with E-state index in [-0.39, 0.29) is 5.91 Å². The number of benzene rings is 2. The summed E-state index contributed by atoms with van der Waals surface area (Å²) in [7, 11) is 0. The molecule has 144 valence electrons. The van der Waals surface area contributed by atoms with E-state index in [2.05, 4.69) is 26.7 Å². The Kier molecular flexibility index (Phi) is 5.89. The van der Waals surface area contributed by atoms with Gasteiger partial charge in [0.15, 0.2) is 0 Å². The molecule has 0 saturated carbocycles. The van der Waals surface area contributed by atoms with Gasteiger partial charge in [0.1, 0.15) is 11.4 Å². The molecule has 1 heterocycles. The molecule has 1 amide bonds. The first-order valence-corrected chi connectivity index (χ1v) is 9.19. The van der Waals surface area contributed by atoms with Gasteiger partial charge in [-0.2, -0.15) is 0 Å². The number of aryl methyl sites for hydroxylation is 3. The quantitative estimate of drug-likeness (QED) is 0.646. The largest absolute Gasteiger partial charge is 0.494 e. The van der Waals surface area contributed by atoms with Crippen molar-refractivity contribution < 1.29 is 9.53 Å². The first-order chi connectivity index (χ1) is 13.4. The summed E-state index contributed by atoms with van der Waals surface area (Å²) in [6.45, 7) is 8.43. The van der Waals surface area contributed by atoms with Gasteiger partial charge < -0.3 is 15.4 Å². The molecule has 1 aromatic heterocycles. The van der Waals surface area contributed by atoms with Crippen LogP contribution < -0.4 is 15.4 Å². The lowest BCUT2D eigenvalue weighted by atomic mass is 10.1. The van der Waals surface area contributed by atoms with Crippen molar-refractivity contribution >= 4 is 23.2 Å². The first kappa shape index (κ1) is 19.4. The molecule has 3 rings (SSSR count). The summed E-state index contributed by atoms with van der Waals surface area (Å²) < 4.78 is 5.41. The standard InChI is InChI=1S/C22H24N4O2/c1-5-28-18-9-7-17(8-10-18)24-21(27)20-13-16(4)23-22(26-20)25-19-11-6-14(2)12-15(19)3/h6-13H,5H2,1-4H3,(H,24,27)(H,23,25,26). The molecule has 0 aliphatic carbocycles. The van der Waals surface area contributed by atoms with Gasteiger partial charge in [0.25, 0.3) is 5.91 Å². The van der Waals surface area contributed by atoms with E-state index in [0.717, 1.165) is 17.0 Å². The molecule has 3 aromatic rings. The van der Waals surface area contributed by atoms with Crippen LogP contribution in [0.3, 0.4) is 0 Å². The fraction of sp³-hybridized carbons (Fsp3) is 0.227. The van der Waals surface area contributed by atoms with Gasteiger partial charge in [-0.15, -0.1) is 0 Å². The molecule has 6 nitrogen and oxygen atoms in total. The van der Waals surface area contributed by atoms with Crippen LogP contribution in [0.1, 0.15) is 34.2 Å². The topological polar surface area (TPSA) is 76.1 Å². The number of ether oxygens (including phenoxy) is 1. The van der Waals surface area contributed by atoms with Crippen molar-refractivity contribution in [3.8, 4) is 5.75 Å². The molecule has 2 aromatic carbocycles. The van der Waals surface area contributed by atoms with Crippen LogP contribution in [0.15, 0.2) is 48.5 Å². The molecule has 0 saturated heterocycles. The van der Waals surface area contributed by atoms with Crippen LogP contribution in [0.5, 0.6) is 5.75 Å². The van der Waals surface area contributed by atoms with Gasteiger partial charge in [0, 0.05) is 17.1 Å². The summed E-state index contributed by atoms with van der Waals surface area (Å²) in [5.41, 5.74) is 4.87. The summed E-state index contributed by atoms with van der Waals surface area (Å²) >= 11 is 0. The summed E-state index contributed by atoms with van der Waals surface area (Å²) in [6.07, 6.45) is 0. The zero-order valence-corrected chi connectivity index (χ0v) is 16.5. The Morgan fingerprint density at radius 3 is 2.43 bits per heavy atom. The van der Waals surface area contributed by atoms with Gasteiger partial charge >= 0.3 is 0 Å². The fourth-order valence-corrected chi connectivity index (χ4v) is 2.81. The average Bonchev–Trinajstić information content (AvgIpc) is 2.65. The maximum atomic E-state index is 12.6. The number of aromatic nitrogens is 2. The van der Waals surface area contributed by atoms with E-state index in [1.807, 2.05) is 52.0 Å². The molecule has 0 aliphatic heterocycles. The molecule has 6 heteroatoms. The highest BCUT2D eigenvalue weighted by molar-refractivity contribution is 6.03. The minimum atomic E-state index is -0.293. The predicted octanol–water partition coefficient (Wildman–Crippen LogP) is 4.80. The zero-order valence-electron chi connectivity index (χ0n) is 16.5. The van der Waals surface area contributed by atoms with Crippen molar-refractivity contribution in [3.63, 3.8) is 0 Å². The lowest BCUT2D eigenvalue weighted by Gasteiger charge is -2.11. The van der Waals surface area contributed by atoms with E-state index in [4.69, 9.17) is 4.74 Å². The van der Waals surface area contributed by atoms with Crippen molar-refractivity contribution in [1.82, 2.24) is 9.97 Å². The van der Waals surface area contributed by atoms with E-state index < -0.39 is 0 Å². The van der Waals surface area contributed by atoms with Crippen LogP contribution in [0.25, 0.3) is 0 Å². The molecule has 2 N–H and O–H groups in total. The number of rotatable bonds is 6. The highest BCUT2D eigenvalue weighted by Crippen LogP contribution is 2.20. The van der Waals surface area contributed by atoms with E-state index in [0.29, 0.717) is 29.6 Å². The number of hydrogen-bond acceptors (Lipinski definition) is 5. The van der Waals surface area contributed by atoms with Crippen LogP contribution in [0.4, 0.5) is 17.3 Å². The second-order valence-electron chi connectivity index (χ2n) is 6.57. The average molecular weight is 376 g/mol. The normalized spacial score (nSPS) is 10.4. The molecule has 0 atom stereocenters. The van der Waals surface area contributed by atoms with Gasteiger partial charge in [-0.1, -0.05) is 17.7 Å². The summed E-state index contributed by atoms with van der Waals surface area (Å²) in [4.78, 5) is 21.4. The van der Waals surface area contributed by atoms with E-state index >= 15 is 0 Å². The summed E-state index contributed by atoms with van der Waals surface area (Å²) in [6, 6.07) is 15.0. The molecular formula is C22H24N4O2. The Bertz CT molecular complexity index is 984. The third kappa shape index (κ3) is 4.85. The number of hydrogen-bond donors (Lipinski definition) is 2. The lowest BCUT2D eigenvalue weighted by molar-refractivity contribution is 0.102. The van der Waals surface area contributed by atoms with Gasteiger partial charge in [0.2, 0.25) is 5.95 Å². The Morgan fingerprint density at radius 1 is 1.00 bits per heavy atom. The van der Waals surface area contributed by atoms with Gasteiger partial charge in [-0.3, -0.25) is 4.79 Å². The monoisotopic (exact) mass is 376 g/mol. The Morgan fingerprint density at radius 2 is 1.75 bits per heavy atom. The molecular weight excluding hydrogens is 352 g/mol. The Hall–Kier alpha value is -3.41. The van der Waals surface area contributed by atoms with Crippen molar-refractivity contribution in [1.29, 1.82) is 0 Å². The minimum absolute atomic E-state index is 0.293. The third-order valence-corrected chi connectivity index (χ3v) is 4.14. The smallest absolute Gasteiger partial charge is 0.274 e. The highest BCUT2D eigenvalue weighted by Gasteiger charge is 2.12. The lowest BCUT2D eigenvalue weighted by Crippen LogP contribution is -2.15. The number of carbonyl (C=O) groups excluding carboxylic acids is 1. The molecule has 0 fully saturated rings. The van der Waals surface area contributed by atoms with Crippen LogP contribution in [-0.4, -0.2) is 22.5 Å². The summed E-state index contributed by atoms with van der Waals surface area (Å²) in [5.74, 6) is 0.862. The maximum Gasteiger partial charge on any atom is 0.274 e. The third-order valence-electron chi connectivity index (χ3n) is 4.14. The van der Waals surface area contributed by atoms with Crippen LogP contribution in [0.2, 0.25) is 0 Å². The van der Waals surface area contributed by atoms with Gasteiger partial charge in [-0.05, 0) is 69.7 Å². The fourth-order valence-electron chi connectivity index (χ4n) is 2.81. The molecule has 0 unspecified atom stereocenters. The van der Waals surface area contributed by atoms with Crippen molar-refractivity contribution in [3.05, 3.63) is 71.0 Å².